The normalized spacial score (nSPS) is 11.2. The molecule has 0 saturated carbocycles. The van der Waals surface area contributed by atoms with Crippen molar-refractivity contribution in [1.29, 1.82) is 0 Å². The van der Waals surface area contributed by atoms with Crippen LogP contribution in [0.15, 0.2) is 53.7 Å². The van der Waals surface area contributed by atoms with Gasteiger partial charge in [-0.1, -0.05) is 13.0 Å². The summed E-state index contributed by atoms with van der Waals surface area (Å²) in [6.45, 7) is 2.29. The summed E-state index contributed by atoms with van der Waals surface area (Å²) in [5.74, 6) is -0.126. The molecule has 2 aromatic rings. The highest BCUT2D eigenvalue weighted by Gasteiger charge is 2.12. The lowest BCUT2D eigenvalue weighted by Gasteiger charge is -2.08. The van der Waals surface area contributed by atoms with E-state index >= 15 is 0 Å². The van der Waals surface area contributed by atoms with E-state index in [2.05, 4.69) is 15.0 Å². The Morgan fingerprint density at radius 3 is 2.54 bits per heavy atom. The Balaban J connectivity index is 1.90. The summed E-state index contributed by atoms with van der Waals surface area (Å²) in [6.07, 6.45) is 5.09. The molecule has 1 aromatic carbocycles. The maximum Gasteiger partial charge on any atom is 0.240 e. The number of carbonyl (C=O) groups excluding carboxylic acids is 1. The van der Waals surface area contributed by atoms with Crippen LogP contribution in [0.25, 0.3) is 0 Å². The topological polar surface area (TPSA) is 88.2 Å². The van der Waals surface area contributed by atoms with Gasteiger partial charge in [0, 0.05) is 31.0 Å². The standard InChI is InChI=1S/C17H21N3O3S/c1-2-11-19-24(22,23)16-8-6-15(7-9-16)20-17(21)10-5-14-4-3-12-18-13-14/h3-4,6-9,12-13,19H,2,5,10-11H2,1H3,(H,20,21). The van der Waals surface area contributed by atoms with Crippen molar-refractivity contribution in [3.05, 3.63) is 54.4 Å². The van der Waals surface area contributed by atoms with Gasteiger partial charge in [-0.2, -0.15) is 0 Å². The second-order valence-corrected chi connectivity index (χ2v) is 7.10. The van der Waals surface area contributed by atoms with Crippen molar-refractivity contribution in [1.82, 2.24) is 9.71 Å². The predicted octanol–water partition coefficient (Wildman–Crippen LogP) is 2.34. The van der Waals surface area contributed by atoms with Crippen molar-refractivity contribution < 1.29 is 13.2 Å². The van der Waals surface area contributed by atoms with Crippen LogP contribution in [0.3, 0.4) is 0 Å². The van der Waals surface area contributed by atoms with Gasteiger partial charge in [-0.3, -0.25) is 9.78 Å². The van der Waals surface area contributed by atoms with Crippen molar-refractivity contribution >= 4 is 21.6 Å². The Hall–Kier alpha value is -2.25. The molecule has 2 rings (SSSR count). The first-order chi connectivity index (χ1) is 11.5. The molecule has 24 heavy (non-hydrogen) atoms. The van der Waals surface area contributed by atoms with E-state index in [9.17, 15) is 13.2 Å². The summed E-state index contributed by atoms with van der Waals surface area (Å²) >= 11 is 0. The SMILES string of the molecule is CCCNS(=O)(=O)c1ccc(NC(=O)CCc2cccnc2)cc1. The summed E-state index contributed by atoms with van der Waals surface area (Å²) in [6, 6.07) is 9.89. The van der Waals surface area contributed by atoms with E-state index in [4.69, 9.17) is 0 Å². The molecular weight excluding hydrogens is 326 g/mol. The molecule has 0 aliphatic rings. The van der Waals surface area contributed by atoms with Crippen LogP contribution in [0.5, 0.6) is 0 Å². The lowest BCUT2D eigenvalue weighted by Crippen LogP contribution is -2.24. The van der Waals surface area contributed by atoms with Gasteiger partial charge >= 0.3 is 0 Å². The molecule has 0 aliphatic carbocycles. The Morgan fingerprint density at radius 1 is 1.17 bits per heavy atom. The van der Waals surface area contributed by atoms with Gasteiger partial charge in [-0.05, 0) is 48.7 Å². The molecule has 7 heteroatoms. The summed E-state index contributed by atoms with van der Waals surface area (Å²) in [7, 11) is -3.48. The average molecular weight is 347 g/mol. The van der Waals surface area contributed by atoms with Gasteiger partial charge in [0.2, 0.25) is 15.9 Å². The van der Waals surface area contributed by atoms with Gasteiger partial charge in [0.15, 0.2) is 0 Å². The third-order valence-corrected chi connectivity index (χ3v) is 4.83. The highest BCUT2D eigenvalue weighted by molar-refractivity contribution is 7.89. The van der Waals surface area contributed by atoms with E-state index in [1.54, 1.807) is 24.5 Å². The van der Waals surface area contributed by atoms with Gasteiger partial charge in [0.1, 0.15) is 0 Å². The number of amides is 1. The second kappa shape index (κ2) is 8.56. The van der Waals surface area contributed by atoms with Crippen molar-refractivity contribution in [2.45, 2.75) is 31.1 Å². The maximum atomic E-state index is 12.0. The molecular formula is C17H21N3O3S. The quantitative estimate of drug-likeness (QED) is 0.767. The summed E-state index contributed by atoms with van der Waals surface area (Å²) < 4.78 is 26.5. The first-order valence-corrected chi connectivity index (χ1v) is 9.28. The molecule has 0 radical (unpaired) electrons. The number of aromatic nitrogens is 1. The predicted molar refractivity (Wildman–Crippen MR) is 93.1 cm³/mol. The molecule has 2 N–H and O–H groups in total. The number of hydrogen-bond acceptors (Lipinski definition) is 4. The third-order valence-electron chi connectivity index (χ3n) is 3.35. The summed E-state index contributed by atoms with van der Waals surface area (Å²) in [5, 5.41) is 2.76. The van der Waals surface area contributed by atoms with E-state index in [-0.39, 0.29) is 10.8 Å². The molecule has 0 saturated heterocycles. The van der Waals surface area contributed by atoms with Gasteiger partial charge < -0.3 is 5.32 Å². The monoisotopic (exact) mass is 347 g/mol. The number of pyridine rings is 1. The molecule has 0 bridgehead atoms. The fraction of sp³-hybridized carbons (Fsp3) is 0.294. The van der Waals surface area contributed by atoms with Crippen LogP contribution < -0.4 is 10.0 Å². The Kier molecular flexibility index (Phi) is 6.45. The average Bonchev–Trinajstić information content (AvgIpc) is 2.60. The minimum absolute atomic E-state index is 0.126. The van der Waals surface area contributed by atoms with E-state index in [0.29, 0.717) is 25.1 Å². The number of benzene rings is 1. The first kappa shape index (κ1) is 18.1. The van der Waals surface area contributed by atoms with Crippen LogP contribution in [0.1, 0.15) is 25.3 Å². The molecule has 1 amide bonds. The van der Waals surface area contributed by atoms with E-state index in [1.807, 2.05) is 19.1 Å². The van der Waals surface area contributed by atoms with Crippen molar-refractivity contribution in [3.63, 3.8) is 0 Å². The maximum absolute atomic E-state index is 12.0. The highest BCUT2D eigenvalue weighted by Crippen LogP contribution is 2.14. The Bertz CT molecular complexity index is 759. The highest BCUT2D eigenvalue weighted by atomic mass is 32.2. The third kappa shape index (κ3) is 5.43. The number of sulfonamides is 1. The molecule has 0 atom stereocenters. The van der Waals surface area contributed by atoms with Crippen LogP contribution in [0, 0.1) is 0 Å². The van der Waals surface area contributed by atoms with Crippen LogP contribution in [-0.4, -0.2) is 25.9 Å². The van der Waals surface area contributed by atoms with Crippen LogP contribution in [-0.2, 0) is 21.2 Å². The summed E-state index contributed by atoms with van der Waals surface area (Å²) in [4.78, 5) is 16.1. The summed E-state index contributed by atoms with van der Waals surface area (Å²) in [5.41, 5.74) is 1.57. The minimum Gasteiger partial charge on any atom is -0.326 e. The molecule has 1 aromatic heterocycles. The van der Waals surface area contributed by atoms with E-state index in [0.717, 1.165) is 12.0 Å². The Morgan fingerprint density at radius 2 is 1.92 bits per heavy atom. The van der Waals surface area contributed by atoms with Gasteiger partial charge in [-0.15, -0.1) is 0 Å². The zero-order valence-electron chi connectivity index (χ0n) is 13.5. The lowest BCUT2D eigenvalue weighted by atomic mass is 10.1. The zero-order chi connectivity index (χ0) is 17.4. The fourth-order valence-electron chi connectivity index (χ4n) is 2.06. The second-order valence-electron chi connectivity index (χ2n) is 5.33. The molecule has 6 nitrogen and oxygen atoms in total. The lowest BCUT2D eigenvalue weighted by molar-refractivity contribution is -0.116. The zero-order valence-corrected chi connectivity index (χ0v) is 14.3. The number of aryl methyl sites for hydroxylation is 1. The molecule has 0 fully saturated rings. The largest absolute Gasteiger partial charge is 0.326 e. The van der Waals surface area contributed by atoms with E-state index in [1.165, 1.54) is 12.1 Å². The van der Waals surface area contributed by atoms with Crippen molar-refractivity contribution in [2.75, 3.05) is 11.9 Å². The van der Waals surface area contributed by atoms with Gasteiger partial charge in [-0.25, -0.2) is 13.1 Å². The molecule has 0 unspecified atom stereocenters. The molecule has 0 aliphatic heterocycles. The number of nitrogens with zero attached hydrogens (tertiary/aromatic N) is 1. The first-order valence-electron chi connectivity index (χ1n) is 7.80. The van der Waals surface area contributed by atoms with Crippen molar-refractivity contribution in [2.24, 2.45) is 0 Å². The number of hydrogen-bond donors (Lipinski definition) is 2. The number of nitrogens with one attached hydrogen (secondary N) is 2. The minimum atomic E-state index is -3.48. The smallest absolute Gasteiger partial charge is 0.240 e. The van der Waals surface area contributed by atoms with Crippen LogP contribution in [0.4, 0.5) is 5.69 Å². The number of carbonyl (C=O) groups is 1. The van der Waals surface area contributed by atoms with Crippen LogP contribution in [0.2, 0.25) is 0 Å². The molecule has 0 spiro atoms. The fourth-order valence-corrected chi connectivity index (χ4v) is 3.20. The number of rotatable bonds is 8. The van der Waals surface area contributed by atoms with Crippen LogP contribution >= 0.6 is 0 Å². The van der Waals surface area contributed by atoms with Crippen molar-refractivity contribution in [3.8, 4) is 0 Å². The van der Waals surface area contributed by atoms with Gasteiger partial charge in [0.05, 0.1) is 4.90 Å². The number of anilines is 1. The van der Waals surface area contributed by atoms with Gasteiger partial charge in [0.25, 0.3) is 0 Å². The molecule has 1 heterocycles. The molecule has 128 valence electrons. The Labute approximate surface area is 142 Å². The van der Waals surface area contributed by atoms with E-state index < -0.39 is 10.0 Å².